The molecule has 0 spiro atoms. The molecule has 1 saturated carbocycles. The molecule has 0 amide bonds. The second-order valence-electron chi connectivity index (χ2n) is 3.94. The van der Waals surface area contributed by atoms with Crippen LogP contribution in [-0.2, 0) is 0 Å². The number of aromatic nitrogens is 1. The second kappa shape index (κ2) is 4.79. The van der Waals surface area contributed by atoms with Crippen LogP contribution in [0.15, 0.2) is 23.4 Å². The van der Waals surface area contributed by atoms with Gasteiger partial charge in [0.2, 0.25) is 0 Å². The van der Waals surface area contributed by atoms with Gasteiger partial charge in [0.25, 0.3) is 0 Å². The van der Waals surface area contributed by atoms with E-state index >= 15 is 0 Å². The van der Waals surface area contributed by atoms with Crippen LogP contribution in [0, 0.1) is 0 Å². The summed E-state index contributed by atoms with van der Waals surface area (Å²) in [5.41, 5.74) is 0.773. The standard InChI is InChI=1S/C12H15NOS/c1-9(14)11-7-4-8-13-12(11)15-10-5-2-3-6-10/h4,7-8,10H,2-3,5-6H2,1H3. The van der Waals surface area contributed by atoms with Crippen molar-refractivity contribution in [2.24, 2.45) is 0 Å². The van der Waals surface area contributed by atoms with Crippen LogP contribution in [0.5, 0.6) is 0 Å². The molecule has 0 aliphatic heterocycles. The van der Waals surface area contributed by atoms with E-state index in [9.17, 15) is 4.79 Å². The van der Waals surface area contributed by atoms with Gasteiger partial charge in [0.15, 0.2) is 5.78 Å². The van der Waals surface area contributed by atoms with Gasteiger partial charge >= 0.3 is 0 Å². The molecule has 0 aromatic carbocycles. The van der Waals surface area contributed by atoms with Gasteiger partial charge in [0.05, 0.1) is 0 Å². The number of hydrogen-bond acceptors (Lipinski definition) is 3. The monoisotopic (exact) mass is 221 g/mol. The molecule has 0 radical (unpaired) electrons. The van der Waals surface area contributed by atoms with E-state index in [2.05, 4.69) is 4.98 Å². The minimum atomic E-state index is 0.114. The normalized spacial score (nSPS) is 16.9. The zero-order chi connectivity index (χ0) is 10.7. The average molecular weight is 221 g/mol. The van der Waals surface area contributed by atoms with Crippen LogP contribution < -0.4 is 0 Å². The Labute approximate surface area is 94.5 Å². The minimum Gasteiger partial charge on any atom is -0.294 e. The Hall–Kier alpha value is -0.830. The summed E-state index contributed by atoms with van der Waals surface area (Å²) in [6, 6.07) is 3.70. The zero-order valence-corrected chi connectivity index (χ0v) is 9.72. The van der Waals surface area contributed by atoms with Crippen molar-refractivity contribution in [1.29, 1.82) is 0 Å². The fourth-order valence-corrected chi connectivity index (χ4v) is 3.26. The predicted molar refractivity (Wildman–Crippen MR) is 62.4 cm³/mol. The minimum absolute atomic E-state index is 0.114. The Morgan fingerprint density at radius 2 is 2.20 bits per heavy atom. The van der Waals surface area contributed by atoms with Crippen molar-refractivity contribution in [3.8, 4) is 0 Å². The fourth-order valence-electron chi connectivity index (χ4n) is 1.92. The molecule has 1 fully saturated rings. The predicted octanol–water partition coefficient (Wildman–Crippen LogP) is 3.32. The largest absolute Gasteiger partial charge is 0.294 e. The molecule has 1 heterocycles. The van der Waals surface area contributed by atoms with Gasteiger partial charge in [-0.25, -0.2) is 4.98 Å². The lowest BCUT2D eigenvalue weighted by Crippen LogP contribution is -2.01. The van der Waals surface area contributed by atoms with Gasteiger partial charge in [0, 0.05) is 17.0 Å². The molecule has 2 nitrogen and oxygen atoms in total. The van der Waals surface area contributed by atoms with Crippen LogP contribution in [0.25, 0.3) is 0 Å². The Bertz CT molecular complexity index is 358. The number of thioether (sulfide) groups is 1. The summed E-state index contributed by atoms with van der Waals surface area (Å²) >= 11 is 1.77. The van der Waals surface area contributed by atoms with Gasteiger partial charge in [-0.05, 0) is 31.9 Å². The van der Waals surface area contributed by atoms with E-state index in [0.29, 0.717) is 5.25 Å². The molecule has 0 unspecified atom stereocenters. The molecule has 0 N–H and O–H groups in total. The molecular formula is C12H15NOS. The highest BCUT2D eigenvalue weighted by atomic mass is 32.2. The number of carbonyl (C=O) groups excluding carboxylic acids is 1. The van der Waals surface area contributed by atoms with Crippen molar-refractivity contribution in [3.63, 3.8) is 0 Å². The lowest BCUT2D eigenvalue weighted by molar-refractivity contribution is 0.101. The summed E-state index contributed by atoms with van der Waals surface area (Å²) in [6.45, 7) is 1.61. The molecule has 80 valence electrons. The Morgan fingerprint density at radius 1 is 1.47 bits per heavy atom. The van der Waals surface area contributed by atoms with Gasteiger partial charge in [-0.1, -0.05) is 12.8 Å². The summed E-state index contributed by atoms with van der Waals surface area (Å²) in [6.07, 6.45) is 6.93. The van der Waals surface area contributed by atoms with Crippen LogP contribution in [-0.4, -0.2) is 16.0 Å². The third kappa shape index (κ3) is 2.59. The average Bonchev–Trinajstić information content (AvgIpc) is 2.71. The molecule has 0 saturated heterocycles. The lowest BCUT2D eigenvalue weighted by atomic mass is 10.2. The van der Waals surface area contributed by atoms with E-state index in [4.69, 9.17) is 0 Å². The number of rotatable bonds is 3. The van der Waals surface area contributed by atoms with Crippen LogP contribution >= 0.6 is 11.8 Å². The second-order valence-corrected chi connectivity index (χ2v) is 5.23. The van der Waals surface area contributed by atoms with Gasteiger partial charge < -0.3 is 0 Å². The smallest absolute Gasteiger partial charge is 0.162 e. The number of nitrogens with zero attached hydrogens (tertiary/aromatic N) is 1. The third-order valence-electron chi connectivity index (χ3n) is 2.73. The number of hydrogen-bond donors (Lipinski definition) is 0. The summed E-state index contributed by atoms with van der Waals surface area (Å²) in [4.78, 5) is 15.7. The summed E-state index contributed by atoms with van der Waals surface area (Å²) < 4.78 is 0. The molecule has 2 rings (SSSR count). The molecule has 1 aromatic heterocycles. The van der Waals surface area contributed by atoms with E-state index in [0.717, 1.165) is 10.6 Å². The number of Topliss-reactive ketones (excluding diaryl/α,β-unsaturated/α-hetero) is 1. The first kappa shape index (κ1) is 10.7. The zero-order valence-electron chi connectivity index (χ0n) is 8.90. The molecule has 1 aliphatic carbocycles. The maximum atomic E-state index is 11.4. The quantitative estimate of drug-likeness (QED) is 0.733. The Balaban J connectivity index is 2.15. The van der Waals surface area contributed by atoms with Crippen LogP contribution in [0.3, 0.4) is 0 Å². The topological polar surface area (TPSA) is 30.0 Å². The van der Waals surface area contributed by atoms with Gasteiger partial charge in [0.1, 0.15) is 5.03 Å². The highest BCUT2D eigenvalue weighted by Crippen LogP contribution is 2.35. The van der Waals surface area contributed by atoms with Crippen molar-refractivity contribution in [2.45, 2.75) is 42.9 Å². The summed E-state index contributed by atoms with van der Waals surface area (Å²) in [5.74, 6) is 0.114. The molecule has 1 aliphatic rings. The van der Waals surface area contributed by atoms with Crippen LogP contribution in [0.4, 0.5) is 0 Å². The van der Waals surface area contributed by atoms with E-state index in [1.54, 1.807) is 24.9 Å². The molecule has 0 atom stereocenters. The summed E-state index contributed by atoms with van der Waals surface area (Å²) in [5, 5.41) is 1.58. The van der Waals surface area contributed by atoms with Crippen molar-refractivity contribution < 1.29 is 4.79 Å². The maximum absolute atomic E-state index is 11.4. The lowest BCUT2D eigenvalue weighted by Gasteiger charge is -2.09. The first-order valence-corrected chi connectivity index (χ1v) is 6.28. The first-order chi connectivity index (χ1) is 7.27. The highest BCUT2D eigenvalue weighted by Gasteiger charge is 2.19. The van der Waals surface area contributed by atoms with Crippen molar-refractivity contribution in [1.82, 2.24) is 4.98 Å². The Kier molecular flexibility index (Phi) is 3.41. The van der Waals surface area contributed by atoms with E-state index in [-0.39, 0.29) is 5.78 Å². The summed E-state index contributed by atoms with van der Waals surface area (Å²) in [7, 11) is 0. The molecule has 3 heteroatoms. The van der Waals surface area contributed by atoms with Crippen LogP contribution in [0.1, 0.15) is 43.0 Å². The first-order valence-electron chi connectivity index (χ1n) is 5.40. The molecular weight excluding hydrogens is 206 g/mol. The third-order valence-corrected chi connectivity index (χ3v) is 4.08. The number of ketones is 1. The SMILES string of the molecule is CC(=O)c1cccnc1SC1CCCC1. The Morgan fingerprint density at radius 3 is 2.87 bits per heavy atom. The fraction of sp³-hybridized carbons (Fsp3) is 0.500. The van der Waals surface area contributed by atoms with E-state index in [1.165, 1.54) is 25.7 Å². The van der Waals surface area contributed by atoms with Gasteiger partial charge in [-0.3, -0.25) is 4.79 Å². The van der Waals surface area contributed by atoms with Crippen molar-refractivity contribution in [2.75, 3.05) is 0 Å². The molecule has 15 heavy (non-hydrogen) atoms. The molecule has 1 aromatic rings. The maximum Gasteiger partial charge on any atom is 0.162 e. The molecule has 0 bridgehead atoms. The van der Waals surface area contributed by atoms with Gasteiger partial charge in [-0.15, -0.1) is 11.8 Å². The van der Waals surface area contributed by atoms with E-state index in [1.807, 2.05) is 12.1 Å². The van der Waals surface area contributed by atoms with Gasteiger partial charge in [-0.2, -0.15) is 0 Å². The van der Waals surface area contributed by atoms with Crippen LogP contribution in [0.2, 0.25) is 0 Å². The number of carbonyl (C=O) groups is 1. The van der Waals surface area contributed by atoms with E-state index < -0.39 is 0 Å². The van der Waals surface area contributed by atoms with Crippen molar-refractivity contribution in [3.05, 3.63) is 23.9 Å². The highest BCUT2D eigenvalue weighted by molar-refractivity contribution is 7.99. The van der Waals surface area contributed by atoms with Crippen molar-refractivity contribution >= 4 is 17.5 Å². The number of pyridine rings is 1.